The number of rotatable bonds is 4. The van der Waals surface area contributed by atoms with Gasteiger partial charge in [-0.1, -0.05) is 26.7 Å². The monoisotopic (exact) mass is 259 g/mol. The van der Waals surface area contributed by atoms with E-state index in [1.54, 1.807) is 12.1 Å². The minimum atomic E-state index is -0.106. The summed E-state index contributed by atoms with van der Waals surface area (Å²) >= 11 is 0. The van der Waals surface area contributed by atoms with Crippen LogP contribution in [0.3, 0.4) is 0 Å². The van der Waals surface area contributed by atoms with Crippen LogP contribution in [0.5, 0.6) is 11.5 Å². The molecule has 0 aliphatic carbocycles. The Morgan fingerprint density at radius 3 is 2.26 bits per heavy atom. The van der Waals surface area contributed by atoms with Crippen molar-refractivity contribution in [3.05, 3.63) is 29.0 Å². The molecule has 2 aromatic rings. The van der Waals surface area contributed by atoms with Gasteiger partial charge in [0.1, 0.15) is 0 Å². The van der Waals surface area contributed by atoms with Gasteiger partial charge in [-0.25, -0.2) is 0 Å². The normalized spacial score (nSPS) is 11.1. The molecule has 102 valence electrons. The van der Waals surface area contributed by atoms with E-state index in [2.05, 4.69) is 25.8 Å². The van der Waals surface area contributed by atoms with Gasteiger partial charge >= 0.3 is 0 Å². The van der Waals surface area contributed by atoms with Crippen molar-refractivity contribution in [3.63, 3.8) is 0 Å². The highest BCUT2D eigenvalue weighted by Crippen LogP contribution is 2.33. The highest BCUT2D eigenvalue weighted by molar-refractivity contribution is 5.86. The number of hydrogen-bond donors (Lipinski definition) is 2. The summed E-state index contributed by atoms with van der Waals surface area (Å²) < 4.78 is 0. The Labute approximate surface area is 113 Å². The van der Waals surface area contributed by atoms with Crippen LogP contribution in [0.1, 0.15) is 43.5 Å². The molecule has 0 aliphatic heterocycles. The zero-order valence-electron chi connectivity index (χ0n) is 11.8. The SMILES string of the molecule is CCCc1nc2cc(O)c(O)cc2c(C)c1CCC. The maximum Gasteiger partial charge on any atom is 0.159 e. The number of fused-ring (bicyclic) bond motifs is 1. The van der Waals surface area contributed by atoms with Crippen molar-refractivity contribution in [2.45, 2.75) is 46.5 Å². The smallest absolute Gasteiger partial charge is 0.159 e. The van der Waals surface area contributed by atoms with Gasteiger partial charge in [-0.15, -0.1) is 0 Å². The molecule has 0 saturated carbocycles. The van der Waals surface area contributed by atoms with E-state index < -0.39 is 0 Å². The van der Waals surface area contributed by atoms with Crippen LogP contribution in [0.15, 0.2) is 12.1 Å². The quantitative estimate of drug-likeness (QED) is 0.820. The predicted octanol–water partition coefficient (Wildman–Crippen LogP) is 3.86. The van der Waals surface area contributed by atoms with E-state index in [0.29, 0.717) is 0 Å². The van der Waals surface area contributed by atoms with Crippen LogP contribution in [0.4, 0.5) is 0 Å². The molecule has 0 amide bonds. The Bertz CT molecular complexity index is 605. The molecule has 3 heteroatoms. The Morgan fingerprint density at radius 1 is 1.00 bits per heavy atom. The van der Waals surface area contributed by atoms with Crippen molar-refractivity contribution < 1.29 is 10.2 Å². The molecule has 0 fully saturated rings. The van der Waals surface area contributed by atoms with Gasteiger partial charge in [0.15, 0.2) is 11.5 Å². The molecule has 2 N–H and O–H groups in total. The van der Waals surface area contributed by atoms with Gasteiger partial charge in [-0.05, 0) is 37.0 Å². The third-order valence-electron chi connectivity index (χ3n) is 3.54. The summed E-state index contributed by atoms with van der Waals surface area (Å²) in [5.74, 6) is -0.187. The van der Waals surface area contributed by atoms with Crippen molar-refractivity contribution in [1.29, 1.82) is 0 Å². The first-order valence-electron chi connectivity index (χ1n) is 6.92. The van der Waals surface area contributed by atoms with Gasteiger partial charge in [0.25, 0.3) is 0 Å². The number of aryl methyl sites for hydroxylation is 2. The van der Waals surface area contributed by atoms with Crippen molar-refractivity contribution in [3.8, 4) is 11.5 Å². The van der Waals surface area contributed by atoms with E-state index in [-0.39, 0.29) is 11.5 Å². The lowest BCUT2D eigenvalue weighted by atomic mass is 9.96. The molecule has 0 unspecified atom stereocenters. The molecule has 0 radical (unpaired) electrons. The highest BCUT2D eigenvalue weighted by atomic mass is 16.3. The molecule has 1 aromatic carbocycles. The molecule has 0 atom stereocenters. The third kappa shape index (κ3) is 2.50. The average Bonchev–Trinajstić information content (AvgIpc) is 2.37. The predicted molar refractivity (Wildman–Crippen MR) is 77.8 cm³/mol. The van der Waals surface area contributed by atoms with Crippen molar-refractivity contribution >= 4 is 10.9 Å². The van der Waals surface area contributed by atoms with Gasteiger partial charge in [0.05, 0.1) is 5.52 Å². The maximum absolute atomic E-state index is 9.66. The van der Waals surface area contributed by atoms with Gasteiger partial charge in [-0.3, -0.25) is 4.98 Å². The van der Waals surface area contributed by atoms with Crippen LogP contribution in [0.25, 0.3) is 10.9 Å². The van der Waals surface area contributed by atoms with Crippen molar-refractivity contribution in [2.24, 2.45) is 0 Å². The molecule has 2 rings (SSSR count). The fourth-order valence-electron chi connectivity index (χ4n) is 2.58. The Kier molecular flexibility index (Phi) is 3.93. The summed E-state index contributed by atoms with van der Waals surface area (Å²) in [7, 11) is 0. The second kappa shape index (κ2) is 5.47. The summed E-state index contributed by atoms with van der Waals surface area (Å²) in [4.78, 5) is 4.68. The van der Waals surface area contributed by atoms with Gasteiger partial charge < -0.3 is 10.2 Å². The minimum Gasteiger partial charge on any atom is -0.504 e. The zero-order valence-corrected chi connectivity index (χ0v) is 11.8. The number of phenolic OH excluding ortho intramolecular Hbond substituents is 2. The second-order valence-corrected chi connectivity index (χ2v) is 5.02. The van der Waals surface area contributed by atoms with E-state index >= 15 is 0 Å². The fraction of sp³-hybridized carbons (Fsp3) is 0.438. The second-order valence-electron chi connectivity index (χ2n) is 5.02. The number of phenols is 2. The molecule has 0 bridgehead atoms. The average molecular weight is 259 g/mol. The number of benzene rings is 1. The highest BCUT2D eigenvalue weighted by Gasteiger charge is 2.13. The van der Waals surface area contributed by atoms with E-state index in [9.17, 15) is 10.2 Å². The first-order chi connectivity index (χ1) is 9.08. The topological polar surface area (TPSA) is 53.4 Å². The van der Waals surface area contributed by atoms with E-state index in [4.69, 9.17) is 0 Å². The van der Waals surface area contributed by atoms with Crippen LogP contribution in [0, 0.1) is 6.92 Å². The summed E-state index contributed by atoms with van der Waals surface area (Å²) in [5, 5.41) is 20.2. The number of aromatic hydroxyl groups is 2. The van der Waals surface area contributed by atoms with E-state index in [1.807, 2.05) is 0 Å². The third-order valence-corrected chi connectivity index (χ3v) is 3.54. The number of aromatic nitrogens is 1. The number of pyridine rings is 1. The first kappa shape index (κ1) is 13.7. The lowest BCUT2D eigenvalue weighted by molar-refractivity contribution is 0.404. The molecule has 0 aliphatic rings. The fourth-order valence-corrected chi connectivity index (χ4v) is 2.58. The van der Waals surface area contributed by atoms with E-state index in [0.717, 1.165) is 42.3 Å². The number of hydrogen-bond acceptors (Lipinski definition) is 3. The summed E-state index contributed by atoms with van der Waals surface area (Å²) in [6, 6.07) is 3.16. The Hall–Kier alpha value is -1.77. The first-order valence-corrected chi connectivity index (χ1v) is 6.92. The molecule has 19 heavy (non-hydrogen) atoms. The van der Waals surface area contributed by atoms with Crippen LogP contribution in [0.2, 0.25) is 0 Å². The Morgan fingerprint density at radius 2 is 1.63 bits per heavy atom. The van der Waals surface area contributed by atoms with E-state index in [1.165, 1.54) is 11.1 Å². The summed E-state index contributed by atoms with van der Waals surface area (Å²) in [5.41, 5.74) is 4.35. The van der Waals surface area contributed by atoms with Crippen LogP contribution >= 0.6 is 0 Å². The van der Waals surface area contributed by atoms with Gasteiger partial charge in [-0.2, -0.15) is 0 Å². The molecule has 0 spiro atoms. The molecular formula is C16H21NO2. The van der Waals surface area contributed by atoms with Crippen LogP contribution in [-0.4, -0.2) is 15.2 Å². The molecule has 1 heterocycles. The van der Waals surface area contributed by atoms with Crippen LogP contribution < -0.4 is 0 Å². The van der Waals surface area contributed by atoms with Crippen LogP contribution in [-0.2, 0) is 12.8 Å². The molecule has 0 saturated heterocycles. The molecule has 3 nitrogen and oxygen atoms in total. The Balaban J connectivity index is 2.73. The van der Waals surface area contributed by atoms with Crippen molar-refractivity contribution in [2.75, 3.05) is 0 Å². The maximum atomic E-state index is 9.66. The zero-order chi connectivity index (χ0) is 14.0. The lowest BCUT2D eigenvalue weighted by Crippen LogP contribution is -2.02. The lowest BCUT2D eigenvalue weighted by Gasteiger charge is -2.14. The van der Waals surface area contributed by atoms with Gasteiger partial charge in [0, 0.05) is 17.1 Å². The molecular weight excluding hydrogens is 238 g/mol. The molecule has 1 aromatic heterocycles. The number of nitrogens with zero attached hydrogens (tertiary/aromatic N) is 1. The van der Waals surface area contributed by atoms with Crippen molar-refractivity contribution in [1.82, 2.24) is 4.98 Å². The summed E-state index contributed by atoms with van der Waals surface area (Å²) in [6.07, 6.45) is 4.09. The van der Waals surface area contributed by atoms with Gasteiger partial charge in [0.2, 0.25) is 0 Å². The standard InChI is InChI=1S/C16H21NO2/c1-4-6-11-10(3)12-8-15(18)16(19)9-14(12)17-13(11)7-5-2/h8-9,18-19H,4-7H2,1-3H3. The minimum absolute atomic E-state index is 0.0805. The summed E-state index contributed by atoms with van der Waals surface area (Å²) in [6.45, 7) is 6.38. The largest absolute Gasteiger partial charge is 0.504 e.